The molecular weight excluding hydrogens is 372 g/mol. The van der Waals surface area contributed by atoms with Crippen LogP contribution in [0.25, 0.3) is 33.5 Å². The van der Waals surface area contributed by atoms with Crippen LogP contribution >= 0.6 is 0 Å². The first-order valence-electron chi connectivity index (χ1n) is 10.8. The van der Waals surface area contributed by atoms with Gasteiger partial charge in [-0.1, -0.05) is 121 Å². The molecule has 5 aromatic carbocycles. The van der Waals surface area contributed by atoms with Gasteiger partial charge in [0.05, 0.1) is 0 Å². The van der Waals surface area contributed by atoms with Gasteiger partial charge in [-0.15, -0.1) is 0 Å². The molecule has 1 unspecified atom stereocenters. The van der Waals surface area contributed by atoms with E-state index < -0.39 is 0 Å². The molecule has 146 valence electrons. The number of hydrogen-bond acceptors (Lipinski definition) is 0. The highest BCUT2D eigenvalue weighted by atomic mass is 14.3. The fourth-order valence-corrected chi connectivity index (χ4v) is 5.00. The first kappa shape index (κ1) is 17.9. The van der Waals surface area contributed by atoms with Crippen LogP contribution in [-0.4, -0.2) is 0 Å². The van der Waals surface area contributed by atoms with E-state index in [4.69, 9.17) is 0 Å². The molecule has 1 aliphatic carbocycles. The predicted molar refractivity (Wildman–Crippen MR) is 132 cm³/mol. The second-order valence-electron chi connectivity index (χ2n) is 8.14. The topological polar surface area (TPSA) is 0 Å². The summed E-state index contributed by atoms with van der Waals surface area (Å²) in [5, 5.41) is 2.59. The van der Waals surface area contributed by atoms with Crippen molar-refractivity contribution >= 4 is 22.4 Å². The highest BCUT2D eigenvalue weighted by molar-refractivity contribution is 6.02. The summed E-state index contributed by atoms with van der Waals surface area (Å²) in [6, 6.07) is 43.8. The van der Waals surface area contributed by atoms with E-state index in [1.165, 1.54) is 49.7 Å². The number of hydrogen-bond donors (Lipinski definition) is 0. The van der Waals surface area contributed by atoms with E-state index in [0.29, 0.717) is 0 Å². The number of benzene rings is 5. The molecule has 0 heterocycles. The van der Waals surface area contributed by atoms with E-state index >= 15 is 0 Å². The van der Waals surface area contributed by atoms with E-state index in [-0.39, 0.29) is 5.92 Å². The van der Waals surface area contributed by atoms with Gasteiger partial charge in [-0.2, -0.15) is 0 Å². The first-order chi connectivity index (χ1) is 15.4. The molecule has 31 heavy (non-hydrogen) atoms. The molecule has 0 amide bonds. The molecule has 6 rings (SSSR count). The summed E-state index contributed by atoms with van der Waals surface area (Å²) >= 11 is 0. The number of allylic oxidation sites excluding steroid dienone is 1. The average molecular weight is 395 g/mol. The van der Waals surface area contributed by atoms with E-state index in [9.17, 15) is 0 Å². The largest absolute Gasteiger partial charge is 0.0622 e. The molecule has 0 bridgehead atoms. The molecule has 0 radical (unpaired) electrons. The van der Waals surface area contributed by atoms with Gasteiger partial charge in [0.1, 0.15) is 0 Å². The van der Waals surface area contributed by atoms with Crippen LogP contribution in [0.15, 0.2) is 121 Å². The molecule has 0 aliphatic heterocycles. The van der Waals surface area contributed by atoms with Crippen LogP contribution in [0.1, 0.15) is 28.2 Å². The van der Waals surface area contributed by atoms with Crippen molar-refractivity contribution in [3.8, 4) is 11.1 Å². The molecule has 0 N–H and O–H groups in total. The smallest absolute Gasteiger partial charge is 0.0358 e. The van der Waals surface area contributed by atoms with Gasteiger partial charge in [0.2, 0.25) is 0 Å². The van der Waals surface area contributed by atoms with E-state index in [2.05, 4.69) is 127 Å². The Kier molecular flexibility index (Phi) is 4.28. The summed E-state index contributed by atoms with van der Waals surface area (Å²) in [7, 11) is 0. The Balaban J connectivity index is 1.67. The normalized spacial score (nSPS) is 15.0. The molecule has 1 aliphatic rings. The lowest BCUT2D eigenvalue weighted by Crippen LogP contribution is -2.04. The standard InChI is InChI=1S/C31H22/c1-3-11-22(12-4-1)29-21-25-16-8-10-18-27(25)31(29)28-20-19-23-13-7-9-17-26(23)30(28)24-14-5-2-6-15-24/h1-21,31H. The Morgan fingerprint density at radius 3 is 1.90 bits per heavy atom. The Hall–Kier alpha value is -3.90. The van der Waals surface area contributed by atoms with Crippen LogP contribution in [0.3, 0.4) is 0 Å². The Morgan fingerprint density at radius 1 is 0.452 bits per heavy atom. The van der Waals surface area contributed by atoms with Crippen molar-refractivity contribution in [2.75, 3.05) is 0 Å². The monoisotopic (exact) mass is 394 g/mol. The lowest BCUT2D eigenvalue weighted by Gasteiger charge is -2.23. The second kappa shape index (κ2) is 7.41. The minimum absolute atomic E-state index is 0.207. The molecule has 0 nitrogen and oxygen atoms in total. The third kappa shape index (κ3) is 3.00. The van der Waals surface area contributed by atoms with Gasteiger partial charge >= 0.3 is 0 Å². The zero-order valence-electron chi connectivity index (χ0n) is 17.2. The molecule has 0 heteroatoms. The molecule has 0 saturated heterocycles. The van der Waals surface area contributed by atoms with Gasteiger partial charge in [-0.3, -0.25) is 0 Å². The first-order valence-corrected chi connectivity index (χ1v) is 10.8. The molecule has 0 saturated carbocycles. The van der Waals surface area contributed by atoms with E-state index in [1.807, 2.05) is 0 Å². The summed E-state index contributed by atoms with van der Waals surface area (Å²) in [5.74, 6) is 0.207. The van der Waals surface area contributed by atoms with Crippen LogP contribution < -0.4 is 0 Å². The molecule has 1 atom stereocenters. The third-order valence-electron chi connectivity index (χ3n) is 6.37. The molecule has 0 aromatic heterocycles. The molecular formula is C31H22. The van der Waals surface area contributed by atoms with Crippen molar-refractivity contribution in [2.45, 2.75) is 5.92 Å². The summed E-state index contributed by atoms with van der Waals surface area (Å²) in [6.07, 6.45) is 2.37. The molecule has 5 aromatic rings. The summed E-state index contributed by atoms with van der Waals surface area (Å²) in [4.78, 5) is 0. The Morgan fingerprint density at radius 2 is 1.10 bits per heavy atom. The van der Waals surface area contributed by atoms with Gasteiger partial charge in [0.15, 0.2) is 0 Å². The zero-order valence-corrected chi connectivity index (χ0v) is 17.2. The summed E-state index contributed by atoms with van der Waals surface area (Å²) in [5.41, 5.74) is 9.33. The van der Waals surface area contributed by atoms with Gasteiger partial charge < -0.3 is 0 Å². The van der Waals surface area contributed by atoms with Gasteiger partial charge in [0.25, 0.3) is 0 Å². The Bertz CT molecular complexity index is 1410. The highest BCUT2D eigenvalue weighted by Crippen LogP contribution is 2.49. The maximum atomic E-state index is 2.37. The van der Waals surface area contributed by atoms with Gasteiger partial charge in [0, 0.05) is 5.92 Å². The maximum absolute atomic E-state index is 2.37. The van der Waals surface area contributed by atoms with Crippen LogP contribution in [0.2, 0.25) is 0 Å². The van der Waals surface area contributed by atoms with E-state index in [1.54, 1.807) is 0 Å². The van der Waals surface area contributed by atoms with Crippen molar-refractivity contribution in [1.29, 1.82) is 0 Å². The predicted octanol–water partition coefficient (Wildman–Crippen LogP) is 8.19. The van der Waals surface area contributed by atoms with Crippen molar-refractivity contribution in [3.05, 3.63) is 144 Å². The lowest BCUT2D eigenvalue weighted by atomic mass is 9.80. The second-order valence-corrected chi connectivity index (χ2v) is 8.14. The highest BCUT2D eigenvalue weighted by Gasteiger charge is 2.30. The summed E-state index contributed by atoms with van der Waals surface area (Å²) in [6.45, 7) is 0. The third-order valence-corrected chi connectivity index (χ3v) is 6.37. The average Bonchev–Trinajstić information content (AvgIpc) is 3.24. The van der Waals surface area contributed by atoms with Crippen LogP contribution in [0.4, 0.5) is 0 Å². The Labute approximate surface area is 183 Å². The van der Waals surface area contributed by atoms with Gasteiger partial charge in [-0.25, -0.2) is 0 Å². The van der Waals surface area contributed by atoms with Crippen molar-refractivity contribution in [1.82, 2.24) is 0 Å². The quantitative estimate of drug-likeness (QED) is 0.289. The zero-order chi connectivity index (χ0) is 20.6. The molecule has 0 spiro atoms. The van der Waals surface area contributed by atoms with Crippen molar-refractivity contribution in [3.63, 3.8) is 0 Å². The van der Waals surface area contributed by atoms with Crippen molar-refractivity contribution < 1.29 is 0 Å². The van der Waals surface area contributed by atoms with Crippen molar-refractivity contribution in [2.24, 2.45) is 0 Å². The maximum Gasteiger partial charge on any atom is 0.0358 e. The minimum atomic E-state index is 0.207. The van der Waals surface area contributed by atoms with Crippen LogP contribution in [0, 0.1) is 0 Å². The van der Waals surface area contributed by atoms with Crippen LogP contribution in [-0.2, 0) is 0 Å². The fraction of sp³-hybridized carbons (Fsp3) is 0.0323. The number of rotatable bonds is 3. The van der Waals surface area contributed by atoms with E-state index in [0.717, 1.165) is 0 Å². The molecule has 0 fully saturated rings. The fourth-order valence-electron chi connectivity index (χ4n) is 5.00. The summed E-state index contributed by atoms with van der Waals surface area (Å²) < 4.78 is 0. The van der Waals surface area contributed by atoms with Crippen LogP contribution in [0.5, 0.6) is 0 Å². The number of fused-ring (bicyclic) bond motifs is 2. The SMILES string of the molecule is C1=C(c2ccccc2)C(c2ccc3ccccc3c2-c2ccccc2)c2ccccc21. The van der Waals surface area contributed by atoms with Gasteiger partial charge in [-0.05, 0) is 55.8 Å². The lowest BCUT2D eigenvalue weighted by molar-refractivity contribution is 1.07. The minimum Gasteiger partial charge on any atom is -0.0622 e.